The molecule has 3 aromatic rings. The van der Waals surface area contributed by atoms with Gasteiger partial charge >= 0.3 is 0 Å². The monoisotopic (exact) mass is 438 g/mol. The third-order valence-corrected chi connectivity index (χ3v) is 6.11. The fourth-order valence-electron chi connectivity index (χ4n) is 4.28. The zero-order chi connectivity index (χ0) is 22.5. The molecule has 0 amide bonds. The van der Waals surface area contributed by atoms with Crippen LogP contribution in [0.1, 0.15) is 18.4 Å². The molecule has 0 atom stereocenters. The van der Waals surface area contributed by atoms with E-state index in [4.69, 9.17) is 13.9 Å². The number of unbranched alkanes of at least 4 members (excludes halogenated alkanes) is 1. The topological polar surface area (TPSA) is 75.4 Å². The van der Waals surface area contributed by atoms with Gasteiger partial charge in [0.15, 0.2) is 16.9 Å². The number of aryl methyl sites for hydroxylation is 1. The Morgan fingerprint density at radius 3 is 2.50 bits per heavy atom. The maximum atomic E-state index is 12.8. The van der Waals surface area contributed by atoms with E-state index in [0.29, 0.717) is 23.0 Å². The van der Waals surface area contributed by atoms with Crippen molar-refractivity contribution in [2.24, 2.45) is 0 Å². The van der Waals surface area contributed by atoms with Gasteiger partial charge in [-0.05, 0) is 44.0 Å². The lowest BCUT2D eigenvalue weighted by Crippen LogP contribution is -2.46. The first-order valence-corrected chi connectivity index (χ1v) is 11.0. The molecule has 2 aromatic carbocycles. The quantitative estimate of drug-likeness (QED) is 0.538. The lowest BCUT2D eigenvalue weighted by atomic mass is 10.1. The zero-order valence-corrected chi connectivity index (χ0v) is 18.7. The summed E-state index contributed by atoms with van der Waals surface area (Å²) in [4.78, 5) is 17.7. The van der Waals surface area contributed by atoms with Crippen molar-refractivity contribution in [1.29, 1.82) is 0 Å². The molecule has 7 heteroatoms. The molecule has 0 saturated carbocycles. The first-order chi connectivity index (χ1) is 15.6. The molecule has 0 spiro atoms. The second-order valence-corrected chi connectivity index (χ2v) is 8.07. The minimum atomic E-state index is -0.0602. The number of benzene rings is 2. The van der Waals surface area contributed by atoms with Crippen LogP contribution in [0.5, 0.6) is 17.2 Å². The third kappa shape index (κ3) is 4.67. The van der Waals surface area contributed by atoms with Gasteiger partial charge in [0.05, 0.1) is 31.6 Å². The molecule has 2 heterocycles. The lowest BCUT2D eigenvalue weighted by Gasteiger charge is -2.36. The van der Waals surface area contributed by atoms with Crippen molar-refractivity contribution < 1.29 is 19.0 Å². The van der Waals surface area contributed by atoms with E-state index in [-0.39, 0.29) is 16.9 Å². The fraction of sp³-hybridized carbons (Fsp3) is 0.400. The summed E-state index contributed by atoms with van der Waals surface area (Å²) in [7, 11) is 3.17. The number of phenols is 1. The van der Waals surface area contributed by atoms with Crippen LogP contribution in [0.4, 0.5) is 5.69 Å². The van der Waals surface area contributed by atoms with E-state index in [2.05, 4.69) is 15.9 Å². The summed E-state index contributed by atoms with van der Waals surface area (Å²) in [6.45, 7) is 4.99. The Morgan fingerprint density at radius 1 is 1.00 bits per heavy atom. The second kappa shape index (κ2) is 9.96. The van der Waals surface area contributed by atoms with Crippen molar-refractivity contribution in [2.75, 3.05) is 51.8 Å². The molecule has 7 nitrogen and oxygen atoms in total. The largest absolute Gasteiger partial charge is 0.504 e. The van der Waals surface area contributed by atoms with Crippen LogP contribution in [0, 0.1) is 0 Å². The van der Waals surface area contributed by atoms with Gasteiger partial charge in [-0.3, -0.25) is 9.69 Å². The number of rotatable bonds is 8. The molecule has 4 rings (SSSR count). The average Bonchev–Trinajstić information content (AvgIpc) is 2.83. The van der Waals surface area contributed by atoms with Gasteiger partial charge in [-0.1, -0.05) is 12.1 Å². The fourth-order valence-corrected chi connectivity index (χ4v) is 4.28. The first kappa shape index (κ1) is 22.0. The van der Waals surface area contributed by atoms with Crippen molar-refractivity contribution in [3.05, 3.63) is 58.4 Å². The molecule has 0 bridgehead atoms. The molecule has 0 radical (unpaired) electrons. The summed E-state index contributed by atoms with van der Waals surface area (Å²) in [6.07, 6.45) is 4.12. The Kier molecular flexibility index (Phi) is 6.85. The molecule has 1 aromatic heterocycles. The average molecular weight is 439 g/mol. The molecule has 1 aliphatic heterocycles. The molecular formula is C25H30N2O5. The molecular weight excluding hydrogens is 408 g/mol. The summed E-state index contributed by atoms with van der Waals surface area (Å²) in [5.74, 6) is 1.15. The van der Waals surface area contributed by atoms with Crippen molar-refractivity contribution >= 4 is 16.7 Å². The number of hydrogen-bond acceptors (Lipinski definition) is 7. The number of phenolic OH excluding ortho intramolecular Hbond substituents is 1. The molecule has 32 heavy (non-hydrogen) atoms. The van der Waals surface area contributed by atoms with E-state index in [1.165, 1.54) is 19.4 Å². The van der Waals surface area contributed by atoms with Crippen molar-refractivity contribution in [3.63, 3.8) is 0 Å². The number of piperazine rings is 1. The molecule has 0 unspecified atom stereocenters. The van der Waals surface area contributed by atoms with Crippen molar-refractivity contribution in [3.8, 4) is 17.2 Å². The normalized spacial score (nSPS) is 14.6. The van der Waals surface area contributed by atoms with Crippen LogP contribution in [-0.4, -0.2) is 56.9 Å². The highest BCUT2D eigenvalue weighted by Gasteiger charge is 2.19. The number of para-hydroxylation sites is 2. The number of fused-ring (bicyclic) bond motifs is 1. The SMILES string of the molecule is COc1cc2c(=O)c(CCCCN3CCN(c4ccccc4OC)CC3)coc2cc1O. The minimum Gasteiger partial charge on any atom is -0.504 e. The number of aromatic hydroxyl groups is 1. The van der Waals surface area contributed by atoms with Gasteiger partial charge in [0.25, 0.3) is 0 Å². The molecule has 1 aliphatic rings. The number of anilines is 1. The van der Waals surface area contributed by atoms with Crippen LogP contribution in [0.2, 0.25) is 0 Å². The van der Waals surface area contributed by atoms with Crippen LogP contribution in [-0.2, 0) is 6.42 Å². The van der Waals surface area contributed by atoms with E-state index in [1.54, 1.807) is 13.2 Å². The van der Waals surface area contributed by atoms with E-state index >= 15 is 0 Å². The maximum absolute atomic E-state index is 12.8. The van der Waals surface area contributed by atoms with E-state index in [0.717, 1.165) is 57.0 Å². The van der Waals surface area contributed by atoms with Gasteiger partial charge in [0.2, 0.25) is 0 Å². The molecule has 1 fully saturated rings. The molecule has 0 aliphatic carbocycles. The van der Waals surface area contributed by atoms with Gasteiger partial charge in [-0.2, -0.15) is 0 Å². The Labute approximate surface area is 187 Å². The Hall–Kier alpha value is -3.19. The number of hydrogen-bond donors (Lipinski definition) is 1. The second-order valence-electron chi connectivity index (χ2n) is 8.07. The Balaban J connectivity index is 1.28. The number of methoxy groups -OCH3 is 2. The van der Waals surface area contributed by atoms with Crippen LogP contribution in [0.25, 0.3) is 11.0 Å². The zero-order valence-electron chi connectivity index (χ0n) is 18.7. The van der Waals surface area contributed by atoms with Gasteiger partial charge in [-0.15, -0.1) is 0 Å². The molecule has 1 saturated heterocycles. The van der Waals surface area contributed by atoms with Gasteiger partial charge in [-0.25, -0.2) is 0 Å². The van der Waals surface area contributed by atoms with Crippen LogP contribution < -0.4 is 19.8 Å². The summed E-state index contributed by atoms with van der Waals surface area (Å²) in [5.41, 5.74) is 2.12. The van der Waals surface area contributed by atoms with Crippen LogP contribution in [0.15, 0.2) is 51.9 Å². The van der Waals surface area contributed by atoms with Crippen LogP contribution in [0.3, 0.4) is 0 Å². The van der Waals surface area contributed by atoms with E-state index < -0.39 is 0 Å². The number of nitrogens with zero attached hydrogens (tertiary/aromatic N) is 2. The molecule has 170 valence electrons. The first-order valence-electron chi connectivity index (χ1n) is 11.0. The molecule has 1 N–H and O–H groups in total. The van der Waals surface area contributed by atoms with Gasteiger partial charge < -0.3 is 23.9 Å². The standard InChI is InChI=1S/C25H30N2O5/c1-30-22-9-4-3-8-20(22)27-13-11-26(12-14-27)10-6-5-7-18-17-32-23-16-21(28)24(31-2)15-19(23)25(18)29/h3-4,8-9,15-17,28H,5-7,10-14H2,1-2H3. The highest BCUT2D eigenvalue weighted by Crippen LogP contribution is 2.30. The lowest BCUT2D eigenvalue weighted by molar-refractivity contribution is 0.252. The third-order valence-electron chi connectivity index (χ3n) is 6.11. The Morgan fingerprint density at radius 2 is 1.75 bits per heavy atom. The Bertz CT molecular complexity index is 1120. The highest BCUT2D eigenvalue weighted by molar-refractivity contribution is 5.81. The van der Waals surface area contributed by atoms with Crippen molar-refractivity contribution in [2.45, 2.75) is 19.3 Å². The van der Waals surface area contributed by atoms with Gasteiger partial charge in [0, 0.05) is 37.8 Å². The smallest absolute Gasteiger partial charge is 0.195 e. The number of ether oxygens (including phenoxy) is 2. The predicted octanol–water partition coefficient (Wildman–Crippen LogP) is 3.66. The summed E-state index contributed by atoms with van der Waals surface area (Å²) < 4.78 is 16.2. The van der Waals surface area contributed by atoms with Crippen molar-refractivity contribution in [1.82, 2.24) is 4.90 Å². The summed E-state index contributed by atoms with van der Waals surface area (Å²) in [6, 6.07) is 11.1. The minimum absolute atomic E-state index is 0.0401. The maximum Gasteiger partial charge on any atom is 0.195 e. The van der Waals surface area contributed by atoms with E-state index in [1.807, 2.05) is 18.2 Å². The van der Waals surface area contributed by atoms with E-state index in [9.17, 15) is 9.90 Å². The van der Waals surface area contributed by atoms with Crippen LogP contribution >= 0.6 is 0 Å². The highest BCUT2D eigenvalue weighted by atomic mass is 16.5. The van der Waals surface area contributed by atoms with Gasteiger partial charge in [0.1, 0.15) is 11.3 Å². The summed E-state index contributed by atoms with van der Waals surface area (Å²) >= 11 is 0. The summed E-state index contributed by atoms with van der Waals surface area (Å²) in [5, 5.41) is 10.3. The predicted molar refractivity (Wildman–Crippen MR) is 125 cm³/mol.